The van der Waals surface area contributed by atoms with E-state index in [0.29, 0.717) is 17.9 Å². The Morgan fingerprint density at radius 3 is 2.52 bits per heavy atom. The van der Waals surface area contributed by atoms with E-state index in [1.165, 1.54) is 19.8 Å². The first kappa shape index (κ1) is 20.9. The summed E-state index contributed by atoms with van der Waals surface area (Å²) in [6, 6.07) is 15.0. The van der Waals surface area contributed by atoms with E-state index in [1.54, 1.807) is 31.4 Å². The molecule has 0 saturated carbocycles. The van der Waals surface area contributed by atoms with E-state index < -0.39 is 0 Å². The van der Waals surface area contributed by atoms with Gasteiger partial charge >= 0.3 is 0 Å². The summed E-state index contributed by atoms with van der Waals surface area (Å²) in [4.78, 5) is 26.2. The van der Waals surface area contributed by atoms with Gasteiger partial charge in [0.15, 0.2) is 12.4 Å². The van der Waals surface area contributed by atoms with Crippen LogP contribution in [0.25, 0.3) is 0 Å². The molecule has 1 atom stereocenters. The number of Topliss-reactive ketones (excluding diaryl/α,β-unsaturated/α-hetero) is 1. The van der Waals surface area contributed by atoms with Crippen molar-refractivity contribution in [2.75, 3.05) is 33.4 Å². The topological polar surface area (TPSA) is 67.9 Å². The first-order chi connectivity index (χ1) is 14.1. The van der Waals surface area contributed by atoms with Gasteiger partial charge < -0.3 is 14.8 Å². The Labute approximate surface area is 171 Å². The van der Waals surface area contributed by atoms with Crippen LogP contribution in [0.3, 0.4) is 0 Å². The van der Waals surface area contributed by atoms with E-state index in [4.69, 9.17) is 9.47 Å². The van der Waals surface area contributed by atoms with Crippen molar-refractivity contribution in [2.24, 2.45) is 0 Å². The first-order valence-electron chi connectivity index (χ1n) is 9.95. The Bertz CT molecular complexity index is 846. The highest BCUT2D eigenvalue weighted by molar-refractivity contribution is 5.94. The van der Waals surface area contributed by atoms with Crippen molar-refractivity contribution < 1.29 is 19.1 Å². The van der Waals surface area contributed by atoms with Crippen LogP contribution in [0.1, 0.15) is 41.7 Å². The number of likely N-dealkylation sites (tertiary alicyclic amines) is 1. The number of methoxy groups -OCH3 is 1. The highest BCUT2D eigenvalue weighted by atomic mass is 16.5. The summed E-state index contributed by atoms with van der Waals surface area (Å²) in [5.74, 6) is 1.10. The standard InChI is InChI=1S/C23H28N2O4/c1-17(26)18-7-5-10-21(13-18)29-16-23(27)24-15-22(25-11-3-4-12-25)19-8-6-9-20(14-19)28-2/h5-10,13-14,22H,3-4,11-12,15-16H2,1-2H3,(H,24,27). The maximum absolute atomic E-state index is 12.4. The smallest absolute Gasteiger partial charge is 0.258 e. The van der Waals surface area contributed by atoms with Crippen LogP contribution in [0.2, 0.25) is 0 Å². The van der Waals surface area contributed by atoms with Crippen molar-refractivity contribution >= 4 is 11.7 Å². The summed E-state index contributed by atoms with van der Waals surface area (Å²) in [6.07, 6.45) is 2.34. The molecule has 154 valence electrons. The summed E-state index contributed by atoms with van der Waals surface area (Å²) in [5, 5.41) is 2.99. The zero-order chi connectivity index (χ0) is 20.6. The van der Waals surface area contributed by atoms with Gasteiger partial charge in [0.1, 0.15) is 11.5 Å². The summed E-state index contributed by atoms with van der Waals surface area (Å²) in [7, 11) is 1.66. The van der Waals surface area contributed by atoms with E-state index in [0.717, 1.165) is 24.4 Å². The van der Waals surface area contributed by atoms with Gasteiger partial charge in [0, 0.05) is 12.1 Å². The molecule has 1 heterocycles. The molecule has 1 fully saturated rings. The number of amides is 1. The Morgan fingerprint density at radius 1 is 1.07 bits per heavy atom. The molecule has 2 aromatic carbocycles. The van der Waals surface area contributed by atoms with Crippen LogP contribution in [0.4, 0.5) is 0 Å². The lowest BCUT2D eigenvalue weighted by atomic mass is 10.0. The molecule has 29 heavy (non-hydrogen) atoms. The third-order valence-corrected chi connectivity index (χ3v) is 5.16. The van der Waals surface area contributed by atoms with Crippen LogP contribution in [0.5, 0.6) is 11.5 Å². The molecular weight excluding hydrogens is 368 g/mol. The fourth-order valence-corrected chi connectivity index (χ4v) is 3.58. The predicted octanol–water partition coefficient (Wildman–Crippen LogP) is 3.23. The highest BCUT2D eigenvalue weighted by Crippen LogP contribution is 2.27. The molecule has 1 aliphatic heterocycles. The first-order valence-corrected chi connectivity index (χ1v) is 9.95. The second-order valence-corrected chi connectivity index (χ2v) is 7.21. The molecule has 1 amide bonds. The van der Waals surface area contributed by atoms with Crippen molar-refractivity contribution in [2.45, 2.75) is 25.8 Å². The minimum absolute atomic E-state index is 0.0355. The van der Waals surface area contributed by atoms with Gasteiger partial charge in [-0.25, -0.2) is 0 Å². The Kier molecular flexibility index (Phi) is 7.25. The second-order valence-electron chi connectivity index (χ2n) is 7.21. The maximum Gasteiger partial charge on any atom is 0.258 e. The molecule has 2 aromatic rings. The van der Waals surface area contributed by atoms with Crippen molar-refractivity contribution in [3.63, 3.8) is 0 Å². The average Bonchev–Trinajstić information content (AvgIpc) is 3.27. The van der Waals surface area contributed by atoms with Crippen LogP contribution >= 0.6 is 0 Å². The third-order valence-electron chi connectivity index (χ3n) is 5.16. The zero-order valence-corrected chi connectivity index (χ0v) is 17.0. The van der Waals surface area contributed by atoms with Crippen LogP contribution in [-0.4, -0.2) is 49.9 Å². The van der Waals surface area contributed by atoms with Crippen LogP contribution < -0.4 is 14.8 Å². The summed E-state index contributed by atoms with van der Waals surface area (Å²) < 4.78 is 10.9. The lowest BCUT2D eigenvalue weighted by Gasteiger charge is -2.28. The number of nitrogens with zero attached hydrogens (tertiary/aromatic N) is 1. The zero-order valence-electron chi connectivity index (χ0n) is 17.0. The number of ketones is 1. The van der Waals surface area contributed by atoms with Crippen molar-refractivity contribution in [1.29, 1.82) is 0 Å². The molecule has 1 unspecified atom stereocenters. The predicted molar refractivity (Wildman–Crippen MR) is 111 cm³/mol. The van der Waals surface area contributed by atoms with E-state index >= 15 is 0 Å². The number of hydrogen-bond donors (Lipinski definition) is 1. The molecule has 0 bridgehead atoms. The van der Waals surface area contributed by atoms with Gasteiger partial charge in [0.2, 0.25) is 0 Å². The van der Waals surface area contributed by atoms with Gasteiger partial charge in [0.05, 0.1) is 13.2 Å². The molecule has 6 heteroatoms. The number of hydrogen-bond acceptors (Lipinski definition) is 5. The SMILES string of the molecule is COc1cccc(C(CNC(=O)COc2cccc(C(C)=O)c2)N2CCCC2)c1. The van der Waals surface area contributed by atoms with Crippen molar-refractivity contribution in [1.82, 2.24) is 10.2 Å². The maximum atomic E-state index is 12.4. The number of carbonyl (C=O) groups excluding carboxylic acids is 2. The number of benzene rings is 2. The van der Waals surface area contributed by atoms with Gasteiger partial charge in [0.25, 0.3) is 5.91 Å². The third kappa shape index (κ3) is 5.81. The average molecular weight is 396 g/mol. The lowest BCUT2D eigenvalue weighted by molar-refractivity contribution is -0.123. The normalized spacial score (nSPS) is 15.0. The number of rotatable bonds is 9. The number of ether oxygens (including phenoxy) is 2. The lowest BCUT2D eigenvalue weighted by Crippen LogP contribution is -2.38. The molecular formula is C23H28N2O4. The number of carbonyl (C=O) groups is 2. The molecule has 1 N–H and O–H groups in total. The molecule has 0 aromatic heterocycles. The summed E-state index contributed by atoms with van der Waals surface area (Å²) in [6.45, 7) is 3.95. The minimum Gasteiger partial charge on any atom is -0.497 e. The largest absolute Gasteiger partial charge is 0.497 e. The van der Waals surface area contributed by atoms with E-state index in [2.05, 4.69) is 16.3 Å². The Hall–Kier alpha value is -2.86. The van der Waals surface area contributed by atoms with Crippen LogP contribution in [-0.2, 0) is 4.79 Å². The minimum atomic E-state index is -0.190. The second kappa shape index (κ2) is 10.1. The fraction of sp³-hybridized carbons (Fsp3) is 0.391. The van der Waals surface area contributed by atoms with E-state index in [-0.39, 0.29) is 24.3 Å². The van der Waals surface area contributed by atoms with Gasteiger partial charge in [-0.2, -0.15) is 0 Å². The number of nitrogens with one attached hydrogen (secondary N) is 1. The molecule has 3 rings (SSSR count). The molecule has 0 aliphatic carbocycles. The molecule has 1 aliphatic rings. The summed E-state index contributed by atoms with van der Waals surface area (Å²) >= 11 is 0. The molecule has 6 nitrogen and oxygen atoms in total. The van der Waals surface area contributed by atoms with Gasteiger partial charge in [-0.1, -0.05) is 24.3 Å². The van der Waals surface area contributed by atoms with Gasteiger partial charge in [-0.3, -0.25) is 14.5 Å². The van der Waals surface area contributed by atoms with Gasteiger partial charge in [-0.05, 0) is 62.7 Å². The molecule has 0 spiro atoms. The van der Waals surface area contributed by atoms with Crippen LogP contribution in [0.15, 0.2) is 48.5 Å². The molecule has 0 radical (unpaired) electrons. The summed E-state index contributed by atoms with van der Waals surface area (Å²) in [5.41, 5.74) is 1.69. The van der Waals surface area contributed by atoms with E-state index in [9.17, 15) is 9.59 Å². The van der Waals surface area contributed by atoms with Crippen molar-refractivity contribution in [3.8, 4) is 11.5 Å². The highest BCUT2D eigenvalue weighted by Gasteiger charge is 2.24. The Morgan fingerprint density at radius 2 is 1.79 bits per heavy atom. The van der Waals surface area contributed by atoms with Crippen molar-refractivity contribution in [3.05, 3.63) is 59.7 Å². The van der Waals surface area contributed by atoms with Crippen LogP contribution in [0, 0.1) is 0 Å². The quantitative estimate of drug-likeness (QED) is 0.659. The van der Waals surface area contributed by atoms with E-state index in [1.807, 2.05) is 18.2 Å². The van der Waals surface area contributed by atoms with Gasteiger partial charge in [-0.15, -0.1) is 0 Å². The monoisotopic (exact) mass is 396 g/mol. The molecule has 1 saturated heterocycles. The Balaban J connectivity index is 1.59. The fourth-order valence-electron chi connectivity index (χ4n) is 3.58.